The van der Waals surface area contributed by atoms with Gasteiger partial charge in [-0.3, -0.25) is 9.59 Å². The number of nitrogens with zero attached hydrogens (tertiary/aromatic N) is 4. The molecule has 1 aromatic carbocycles. The van der Waals surface area contributed by atoms with Gasteiger partial charge in [-0.25, -0.2) is 4.79 Å². The van der Waals surface area contributed by atoms with Crippen molar-refractivity contribution in [2.75, 3.05) is 34.9 Å². The topological polar surface area (TPSA) is 204 Å². The molecule has 1 heterocycles. The fourth-order valence-corrected chi connectivity index (χ4v) is 8.40. The van der Waals surface area contributed by atoms with Crippen LogP contribution in [-0.4, -0.2) is 111 Å². The van der Waals surface area contributed by atoms with Crippen molar-refractivity contribution in [1.82, 2.24) is 20.9 Å². The number of benzene rings is 1. The molecule has 12 atom stereocenters. The van der Waals surface area contributed by atoms with E-state index in [0.717, 1.165) is 18.4 Å². The number of hydrogen-bond acceptors (Lipinski definition) is 9. The lowest BCUT2D eigenvalue weighted by Crippen LogP contribution is -2.62. The second-order valence-electron chi connectivity index (χ2n) is 14.8. The van der Waals surface area contributed by atoms with Gasteiger partial charge in [-0.2, -0.15) is 0 Å². The highest BCUT2D eigenvalue weighted by molar-refractivity contribution is 5.85. The molecular weight excluding hydrogens is 664 g/mol. The van der Waals surface area contributed by atoms with Crippen LogP contribution in [-0.2, 0) is 30.3 Å². The van der Waals surface area contributed by atoms with Gasteiger partial charge in [-0.05, 0) is 55.8 Å². The molecule has 0 aromatic heterocycles. The van der Waals surface area contributed by atoms with E-state index < -0.39 is 42.1 Å². The van der Waals surface area contributed by atoms with Crippen molar-refractivity contribution in [1.29, 1.82) is 0 Å². The molecular formula is C38H66N8O6. The predicted octanol–water partition coefficient (Wildman–Crippen LogP) is 3.98. The Labute approximate surface area is 310 Å². The SMILES string of the molecule is CC[C@H](C)[C@@H](C(NC)[C@H](C(N)[C@@H](NC)C(C)C)[C@H](C)N=[N+]=[N-])[C@@H](CC(=O)N1CCC[C@H]1[C@H](OC)[C@@H](C)C(=O)N[C@@H](Cc1ccccc1)C(=O)O)OC. The largest absolute Gasteiger partial charge is 0.480 e. The summed E-state index contributed by atoms with van der Waals surface area (Å²) in [6, 6.07) is 6.50. The molecule has 0 bridgehead atoms. The molecule has 0 spiro atoms. The number of carboxylic acid groups (broad SMARTS) is 1. The van der Waals surface area contributed by atoms with Gasteiger partial charge < -0.3 is 41.2 Å². The first-order chi connectivity index (χ1) is 24.7. The Hall–Kier alpha value is -3.26. The van der Waals surface area contributed by atoms with E-state index >= 15 is 0 Å². The van der Waals surface area contributed by atoms with Crippen LogP contribution in [0.1, 0.15) is 72.8 Å². The molecule has 0 radical (unpaired) electrons. The van der Waals surface area contributed by atoms with E-state index in [0.29, 0.717) is 13.0 Å². The number of amides is 2. The molecule has 294 valence electrons. The average Bonchev–Trinajstić information content (AvgIpc) is 3.60. The maximum absolute atomic E-state index is 14.3. The van der Waals surface area contributed by atoms with Gasteiger partial charge in [-0.15, -0.1) is 0 Å². The Balaban J connectivity index is 2.38. The Morgan fingerprint density at radius 1 is 1.04 bits per heavy atom. The minimum atomic E-state index is -1.12. The van der Waals surface area contributed by atoms with Crippen molar-refractivity contribution < 1.29 is 29.0 Å². The van der Waals surface area contributed by atoms with Gasteiger partial charge in [0.15, 0.2) is 0 Å². The van der Waals surface area contributed by atoms with Gasteiger partial charge in [0.2, 0.25) is 11.8 Å². The third-order valence-corrected chi connectivity index (χ3v) is 11.3. The van der Waals surface area contributed by atoms with Crippen molar-refractivity contribution in [3.63, 3.8) is 0 Å². The van der Waals surface area contributed by atoms with Gasteiger partial charge in [0.1, 0.15) is 6.04 Å². The summed E-state index contributed by atoms with van der Waals surface area (Å²) in [5, 5.41) is 23.6. The second kappa shape index (κ2) is 22.1. The molecule has 0 aliphatic carbocycles. The lowest BCUT2D eigenvalue weighted by Gasteiger charge is -2.46. The van der Waals surface area contributed by atoms with Crippen LogP contribution in [0.5, 0.6) is 0 Å². The Kier molecular flexibility index (Phi) is 19.1. The van der Waals surface area contributed by atoms with Gasteiger partial charge in [0.25, 0.3) is 0 Å². The number of carboxylic acids is 1. The molecule has 14 heteroatoms. The molecule has 1 aromatic rings. The fourth-order valence-electron chi connectivity index (χ4n) is 8.40. The number of rotatable bonds is 23. The van der Waals surface area contributed by atoms with Gasteiger partial charge in [-0.1, -0.05) is 83.4 Å². The number of likely N-dealkylation sites (tertiary alicyclic amines) is 1. The Morgan fingerprint density at radius 3 is 2.17 bits per heavy atom. The van der Waals surface area contributed by atoms with Crippen LogP contribution in [0, 0.1) is 29.6 Å². The normalized spacial score (nSPS) is 21.1. The summed E-state index contributed by atoms with van der Waals surface area (Å²) in [6.45, 7) is 12.6. The van der Waals surface area contributed by atoms with Crippen LogP contribution in [0.2, 0.25) is 0 Å². The number of aliphatic carboxylic acids is 1. The number of likely N-dealkylation sites (N-methyl/N-ethyl adjacent to an activating group) is 1. The average molecular weight is 731 g/mol. The molecule has 1 saturated heterocycles. The smallest absolute Gasteiger partial charge is 0.326 e. The Bertz CT molecular complexity index is 1300. The number of nitrogens with one attached hydrogen (secondary N) is 3. The Morgan fingerprint density at radius 2 is 1.67 bits per heavy atom. The first-order valence-electron chi connectivity index (χ1n) is 18.8. The van der Waals surface area contributed by atoms with Crippen LogP contribution in [0.25, 0.3) is 10.4 Å². The summed E-state index contributed by atoms with van der Waals surface area (Å²) in [7, 11) is 6.90. The predicted molar refractivity (Wildman–Crippen MR) is 203 cm³/mol. The molecule has 52 heavy (non-hydrogen) atoms. The number of carbonyl (C=O) groups excluding carboxylic acids is 2. The molecule has 1 aliphatic rings. The van der Waals surface area contributed by atoms with Crippen LogP contribution < -0.4 is 21.7 Å². The van der Waals surface area contributed by atoms with Crippen molar-refractivity contribution in [3.05, 3.63) is 46.3 Å². The molecule has 1 aliphatic heterocycles. The second-order valence-corrected chi connectivity index (χ2v) is 14.8. The lowest BCUT2D eigenvalue weighted by molar-refractivity contribution is -0.145. The van der Waals surface area contributed by atoms with Gasteiger partial charge in [0.05, 0.1) is 30.6 Å². The quantitative estimate of drug-likeness (QED) is 0.0627. The zero-order valence-corrected chi connectivity index (χ0v) is 33.0. The van der Waals surface area contributed by atoms with E-state index in [1.165, 1.54) is 7.11 Å². The number of azide groups is 1. The summed E-state index contributed by atoms with van der Waals surface area (Å²) in [5.41, 5.74) is 17.3. The first kappa shape index (κ1) is 44.9. The van der Waals surface area contributed by atoms with Crippen LogP contribution in [0.4, 0.5) is 0 Å². The molecule has 2 unspecified atom stereocenters. The number of nitrogens with two attached hydrogens (primary N) is 1. The summed E-state index contributed by atoms with van der Waals surface area (Å²) < 4.78 is 12.1. The number of carbonyl (C=O) groups is 3. The molecule has 14 nitrogen and oxygen atoms in total. The van der Waals surface area contributed by atoms with E-state index in [4.69, 9.17) is 15.2 Å². The van der Waals surface area contributed by atoms with E-state index in [2.05, 4.69) is 53.7 Å². The minimum absolute atomic E-state index is 0.0583. The number of methoxy groups -OCH3 is 2. The lowest BCUT2D eigenvalue weighted by atomic mass is 9.69. The standard InChI is InChI=1S/C38H66N8O6/c1-11-23(4)31(35(42-8)32(25(6)44-45-40)33(39)34(41-7)22(2)3)29(51-9)21-30(47)46-19-15-18-28(46)36(52-10)24(5)37(48)43-27(38(49)50)20-26-16-13-12-14-17-26/h12-14,16-17,22-25,27-29,31-36,41-42H,11,15,18-21,39H2,1-10H3,(H,43,48)(H,49,50)/t23-,24+,25-,27-,28-,29+,31+,32-,33?,34-,35?,36+/m0/s1. The van der Waals surface area contributed by atoms with Crippen LogP contribution >= 0.6 is 0 Å². The molecule has 2 rings (SSSR count). The van der Waals surface area contributed by atoms with Crippen molar-refractivity contribution >= 4 is 17.8 Å². The zero-order chi connectivity index (χ0) is 39.1. The van der Waals surface area contributed by atoms with Crippen LogP contribution in [0.15, 0.2) is 35.4 Å². The highest BCUT2D eigenvalue weighted by Crippen LogP contribution is 2.36. The summed E-state index contributed by atoms with van der Waals surface area (Å²) >= 11 is 0. The van der Waals surface area contributed by atoms with Gasteiger partial charge >= 0.3 is 5.97 Å². The maximum atomic E-state index is 14.3. The van der Waals surface area contributed by atoms with Crippen molar-refractivity contribution in [2.24, 2.45) is 40.4 Å². The summed E-state index contributed by atoms with van der Waals surface area (Å²) in [5.74, 6) is -2.56. The monoisotopic (exact) mass is 731 g/mol. The van der Waals surface area contributed by atoms with E-state index in [1.54, 1.807) is 18.9 Å². The summed E-state index contributed by atoms with van der Waals surface area (Å²) in [6.07, 6.45) is 1.27. The van der Waals surface area contributed by atoms with Crippen molar-refractivity contribution in [3.8, 4) is 0 Å². The zero-order valence-electron chi connectivity index (χ0n) is 33.0. The van der Waals surface area contributed by atoms with Gasteiger partial charge in [0, 0.05) is 62.2 Å². The highest BCUT2D eigenvalue weighted by atomic mass is 16.5. The number of hydrogen-bond donors (Lipinski definition) is 5. The van der Waals surface area contributed by atoms with E-state index in [9.17, 15) is 25.0 Å². The molecule has 2 amide bonds. The highest BCUT2D eigenvalue weighted by Gasteiger charge is 2.46. The third-order valence-electron chi connectivity index (χ3n) is 11.3. The summed E-state index contributed by atoms with van der Waals surface area (Å²) in [4.78, 5) is 44.9. The van der Waals surface area contributed by atoms with Crippen LogP contribution in [0.3, 0.4) is 0 Å². The van der Waals surface area contributed by atoms with E-state index in [-0.39, 0.29) is 66.6 Å². The molecule has 1 fully saturated rings. The molecule has 0 saturated carbocycles. The molecule has 6 N–H and O–H groups in total. The first-order valence-corrected chi connectivity index (χ1v) is 18.8. The van der Waals surface area contributed by atoms with Crippen molar-refractivity contribution in [2.45, 2.75) is 122 Å². The third kappa shape index (κ3) is 11.6. The van der Waals surface area contributed by atoms with E-state index in [1.807, 2.05) is 51.4 Å². The fraction of sp³-hybridized carbons (Fsp3) is 0.763. The number of ether oxygens (including phenoxy) is 2. The minimum Gasteiger partial charge on any atom is -0.480 e. The maximum Gasteiger partial charge on any atom is 0.326 e.